The molecular formula is C54H103NO3. The molecule has 0 rings (SSSR count). The Morgan fingerprint density at radius 2 is 0.672 bits per heavy atom. The quantitative estimate of drug-likeness (QED) is 0.0423. The summed E-state index contributed by atoms with van der Waals surface area (Å²) in [6, 6.07) is -0.643. The molecule has 0 aliphatic carbocycles. The molecule has 0 aliphatic heterocycles. The highest BCUT2D eigenvalue weighted by Gasteiger charge is 2.17. The van der Waals surface area contributed by atoms with Crippen molar-refractivity contribution in [1.82, 2.24) is 5.32 Å². The van der Waals surface area contributed by atoms with Crippen molar-refractivity contribution in [2.24, 2.45) is 0 Å². The van der Waals surface area contributed by atoms with Crippen molar-refractivity contribution in [2.75, 3.05) is 6.61 Å². The highest BCUT2D eigenvalue weighted by atomic mass is 16.3. The summed E-state index contributed by atoms with van der Waals surface area (Å²) in [5, 5.41) is 23.1. The van der Waals surface area contributed by atoms with Crippen LogP contribution < -0.4 is 5.32 Å². The molecule has 0 bridgehead atoms. The number of allylic oxidation sites excluding steroid dienone is 5. The van der Waals surface area contributed by atoms with Crippen LogP contribution in [0.4, 0.5) is 0 Å². The molecule has 3 N–H and O–H groups in total. The highest BCUT2D eigenvalue weighted by molar-refractivity contribution is 5.76. The van der Waals surface area contributed by atoms with Gasteiger partial charge in [-0.15, -0.1) is 0 Å². The number of aliphatic hydroxyl groups is 2. The molecule has 0 heterocycles. The lowest BCUT2D eigenvalue weighted by Gasteiger charge is -2.19. The van der Waals surface area contributed by atoms with E-state index in [1.54, 1.807) is 6.08 Å². The molecule has 0 saturated carbocycles. The molecule has 0 aromatic heterocycles. The van der Waals surface area contributed by atoms with Gasteiger partial charge in [-0.1, -0.05) is 269 Å². The van der Waals surface area contributed by atoms with Gasteiger partial charge >= 0.3 is 0 Å². The van der Waals surface area contributed by atoms with Crippen LogP contribution in [0.25, 0.3) is 0 Å². The Kier molecular flexibility index (Phi) is 48.8. The molecule has 1 amide bonds. The number of hydrogen-bond acceptors (Lipinski definition) is 3. The number of carbonyl (C=O) groups excluding carboxylic acids is 1. The predicted octanol–water partition coefficient (Wildman–Crippen LogP) is 16.9. The van der Waals surface area contributed by atoms with Crippen LogP contribution in [-0.2, 0) is 4.79 Å². The van der Waals surface area contributed by atoms with Gasteiger partial charge in [-0.2, -0.15) is 0 Å². The van der Waals surface area contributed by atoms with Crippen molar-refractivity contribution in [2.45, 2.75) is 296 Å². The van der Waals surface area contributed by atoms with Crippen LogP contribution in [0.15, 0.2) is 36.5 Å². The first kappa shape index (κ1) is 56.6. The fourth-order valence-corrected chi connectivity index (χ4v) is 8.10. The third-order valence-corrected chi connectivity index (χ3v) is 12.1. The van der Waals surface area contributed by atoms with Crippen molar-refractivity contribution >= 4 is 5.91 Å². The molecule has 342 valence electrons. The van der Waals surface area contributed by atoms with Gasteiger partial charge in [0.25, 0.3) is 0 Å². The van der Waals surface area contributed by atoms with Crippen LogP contribution in [0.5, 0.6) is 0 Å². The van der Waals surface area contributed by atoms with Gasteiger partial charge < -0.3 is 15.5 Å². The van der Waals surface area contributed by atoms with E-state index in [0.717, 1.165) is 38.5 Å². The summed E-state index contributed by atoms with van der Waals surface area (Å²) in [6.07, 6.45) is 67.3. The van der Waals surface area contributed by atoms with Gasteiger partial charge in [0.2, 0.25) is 5.91 Å². The number of hydrogen-bond donors (Lipinski definition) is 3. The molecule has 0 aliphatic rings. The number of aliphatic hydroxyl groups excluding tert-OH is 2. The van der Waals surface area contributed by atoms with Crippen LogP contribution in [0, 0.1) is 0 Å². The molecule has 0 saturated heterocycles. The Bertz CT molecular complexity index is 882. The van der Waals surface area contributed by atoms with Crippen LogP contribution in [0.1, 0.15) is 284 Å². The highest BCUT2D eigenvalue weighted by Crippen LogP contribution is 2.17. The molecule has 2 unspecified atom stereocenters. The first-order valence-electron chi connectivity index (χ1n) is 26.2. The normalized spacial score (nSPS) is 13.1. The van der Waals surface area contributed by atoms with Gasteiger partial charge in [-0.3, -0.25) is 4.79 Å². The van der Waals surface area contributed by atoms with Crippen LogP contribution in [0.3, 0.4) is 0 Å². The average molecular weight is 814 g/mol. The smallest absolute Gasteiger partial charge is 0.220 e. The fourth-order valence-electron chi connectivity index (χ4n) is 8.10. The Morgan fingerprint density at radius 1 is 0.397 bits per heavy atom. The minimum absolute atomic E-state index is 0.0732. The molecule has 0 aromatic rings. The summed E-state index contributed by atoms with van der Waals surface area (Å²) >= 11 is 0. The second kappa shape index (κ2) is 50.0. The van der Waals surface area contributed by atoms with E-state index in [1.807, 2.05) is 6.08 Å². The van der Waals surface area contributed by atoms with Gasteiger partial charge in [0.05, 0.1) is 18.8 Å². The summed E-state index contributed by atoms with van der Waals surface area (Å²) in [5.74, 6) is -0.0732. The molecule has 0 radical (unpaired) electrons. The minimum Gasteiger partial charge on any atom is -0.394 e. The van der Waals surface area contributed by atoms with E-state index in [0.29, 0.717) is 6.42 Å². The van der Waals surface area contributed by atoms with Crippen LogP contribution in [0.2, 0.25) is 0 Å². The lowest BCUT2D eigenvalue weighted by Crippen LogP contribution is -2.45. The maximum atomic E-state index is 12.4. The van der Waals surface area contributed by atoms with E-state index in [-0.39, 0.29) is 12.5 Å². The molecule has 2 atom stereocenters. The summed E-state index contributed by atoms with van der Waals surface area (Å²) in [6.45, 7) is 4.31. The monoisotopic (exact) mass is 814 g/mol. The third kappa shape index (κ3) is 45.7. The maximum absolute atomic E-state index is 12.4. The van der Waals surface area contributed by atoms with Gasteiger partial charge in [0, 0.05) is 6.42 Å². The number of nitrogens with one attached hydrogen (secondary N) is 1. The largest absolute Gasteiger partial charge is 0.394 e. The Hall–Kier alpha value is -1.39. The van der Waals surface area contributed by atoms with Crippen LogP contribution in [-0.4, -0.2) is 34.9 Å². The van der Waals surface area contributed by atoms with Gasteiger partial charge in [-0.25, -0.2) is 0 Å². The van der Waals surface area contributed by atoms with E-state index in [4.69, 9.17) is 0 Å². The minimum atomic E-state index is -0.868. The molecule has 0 aromatic carbocycles. The zero-order valence-corrected chi connectivity index (χ0v) is 39.3. The van der Waals surface area contributed by atoms with E-state index >= 15 is 0 Å². The zero-order valence-electron chi connectivity index (χ0n) is 39.3. The Balaban J connectivity index is 3.49. The molecule has 4 heteroatoms. The van der Waals surface area contributed by atoms with Gasteiger partial charge in [-0.05, 0) is 44.9 Å². The van der Waals surface area contributed by atoms with Crippen molar-refractivity contribution in [3.8, 4) is 0 Å². The topological polar surface area (TPSA) is 69.6 Å². The lowest BCUT2D eigenvalue weighted by atomic mass is 10.0. The van der Waals surface area contributed by atoms with Crippen molar-refractivity contribution in [1.29, 1.82) is 0 Å². The standard InChI is InChI=1S/C54H103NO3/c1-3-5-7-9-11-13-15-17-19-21-22-23-24-25-26-27-28-29-30-31-32-34-36-38-40-42-44-46-48-50-54(58)55-52(51-56)53(57)49-47-45-43-41-39-37-35-33-20-18-16-14-12-10-8-6-4-2/h20,33,39,41,47,49,52-53,56-57H,3-19,21-32,34-38,40,42-46,48,50-51H2,1-2H3,(H,55,58)/b33-20+,41-39+,49-47+. The summed E-state index contributed by atoms with van der Waals surface area (Å²) in [7, 11) is 0. The second-order valence-corrected chi connectivity index (χ2v) is 17.9. The molecule has 4 nitrogen and oxygen atoms in total. The molecular weight excluding hydrogens is 711 g/mol. The van der Waals surface area contributed by atoms with Crippen molar-refractivity contribution in [3.63, 3.8) is 0 Å². The SMILES string of the molecule is CCCCCCCCC/C=C/CC/C=C/CC/C=C/C(O)C(CO)NC(=O)CCCCCCCCCCCCCCCCCCCCCCCCCCCCCCC. The van der Waals surface area contributed by atoms with Gasteiger partial charge in [0.1, 0.15) is 0 Å². The molecule has 0 fully saturated rings. The number of unbranched alkanes of at least 4 members (excludes halogenated alkanes) is 37. The van der Waals surface area contributed by atoms with E-state index in [9.17, 15) is 15.0 Å². The first-order valence-corrected chi connectivity index (χ1v) is 26.2. The van der Waals surface area contributed by atoms with E-state index in [2.05, 4.69) is 43.5 Å². The van der Waals surface area contributed by atoms with Gasteiger partial charge in [0.15, 0.2) is 0 Å². The number of amides is 1. The Labute approximate surface area is 363 Å². The van der Waals surface area contributed by atoms with Crippen molar-refractivity contribution in [3.05, 3.63) is 36.5 Å². The second-order valence-electron chi connectivity index (χ2n) is 17.9. The fraction of sp³-hybridized carbons (Fsp3) is 0.870. The first-order chi connectivity index (χ1) is 28.7. The molecule has 0 spiro atoms. The molecule has 58 heavy (non-hydrogen) atoms. The summed E-state index contributed by atoms with van der Waals surface area (Å²) in [5.41, 5.74) is 0. The van der Waals surface area contributed by atoms with Crippen LogP contribution >= 0.6 is 0 Å². The maximum Gasteiger partial charge on any atom is 0.220 e. The zero-order chi connectivity index (χ0) is 42.1. The number of carbonyl (C=O) groups is 1. The van der Waals surface area contributed by atoms with E-state index < -0.39 is 12.1 Å². The number of rotatable bonds is 48. The van der Waals surface area contributed by atoms with Crippen molar-refractivity contribution < 1.29 is 15.0 Å². The predicted molar refractivity (Wildman–Crippen MR) is 258 cm³/mol. The van der Waals surface area contributed by atoms with E-state index in [1.165, 1.54) is 225 Å². The lowest BCUT2D eigenvalue weighted by molar-refractivity contribution is -0.123. The summed E-state index contributed by atoms with van der Waals surface area (Å²) < 4.78 is 0. The average Bonchev–Trinajstić information content (AvgIpc) is 3.23. The Morgan fingerprint density at radius 3 is 1.00 bits per heavy atom. The third-order valence-electron chi connectivity index (χ3n) is 12.1. The summed E-state index contributed by atoms with van der Waals surface area (Å²) in [4.78, 5) is 12.4.